The van der Waals surface area contributed by atoms with E-state index in [0.29, 0.717) is 36.0 Å². The summed E-state index contributed by atoms with van der Waals surface area (Å²) in [5.74, 6) is -0.173. The van der Waals surface area contributed by atoms with Crippen LogP contribution in [0.15, 0.2) is 30.6 Å². The van der Waals surface area contributed by atoms with Crippen molar-refractivity contribution < 1.29 is 14.4 Å². The zero-order valence-corrected chi connectivity index (χ0v) is 18.8. The molecule has 1 aromatic heterocycles. The van der Waals surface area contributed by atoms with E-state index in [9.17, 15) is 14.4 Å². The molecule has 2 fully saturated rings. The van der Waals surface area contributed by atoms with E-state index in [1.165, 1.54) is 6.20 Å². The van der Waals surface area contributed by atoms with Crippen molar-refractivity contribution in [1.29, 1.82) is 0 Å². The van der Waals surface area contributed by atoms with Gasteiger partial charge in [0.05, 0.1) is 12.4 Å². The van der Waals surface area contributed by atoms with Crippen molar-refractivity contribution in [3.05, 3.63) is 52.4 Å². The summed E-state index contributed by atoms with van der Waals surface area (Å²) in [6.07, 6.45) is 5.88. The molecule has 2 N–H and O–H groups in total. The zero-order valence-electron chi connectivity index (χ0n) is 18.1. The third kappa shape index (κ3) is 4.30. The van der Waals surface area contributed by atoms with Gasteiger partial charge in [0.2, 0.25) is 11.8 Å². The number of nitrogens with zero attached hydrogens (tertiary/aromatic N) is 4. The van der Waals surface area contributed by atoms with Crippen molar-refractivity contribution in [2.24, 2.45) is 0 Å². The molecule has 33 heavy (non-hydrogen) atoms. The average Bonchev–Trinajstić information content (AvgIpc) is 3.15. The van der Waals surface area contributed by atoms with Crippen molar-refractivity contribution >= 4 is 35.1 Å². The van der Waals surface area contributed by atoms with Crippen molar-refractivity contribution in [2.45, 2.75) is 50.9 Å². The topological polar surface area (TPSA) is 108 Å². The van der Waals surface area contributed by atoms with E-state index >= 15 is 0 Å². The number of benzene rings is 1. The number of carbonyl (C=O) groups excluding carboxylic acids is 3. The molecule has 0 saturated carbocycles. The summed E-state index contributed by atoms with van der Waals surface area (Å²) in [6, 6.07) is 5.28. The molecule has 2 unspecified atom stereocenters. The van der Waals surface area contributed by atoms with Gasteiger partial charge >= 0.3 is 0 Å². The summed E-state index contributed by atoms with van der Waals surface area (Å²) in [5.41, 5.74) is 2.52. The maximum Gasteiger partial charge on any atom is 0.255 e. The third-order valence-corrected chi connectivity index (χ3v) is 6.80. The number of hydrogen-bond acceptors (Lipinski definition) is 7. The number of imide groups is 1. The van der Waals surface area contributed by atoms with Gasteiger partial charge in [0.1, 0.15) is 17.0 Å². The Morgan fingerprint density at radius 2 is 2.06 bits per heavy atom. The molecule has 2 aromatic rings. The Morgan fingerprint density at radius 3 is 2.82 bits per heavy atom. The van der Waals surface area contributed by atoms with E-state index in [4.69, 9.17) is 11.6 Å². The number of carbonyl (C=O) groups is 3. The van der Waals surface area contributed by atoms with Gasteiger partial charge in [-0.1, -0.05) is 23.7 Å². The van der Waals surface area contributed by atoms with Crippen LogP contribution in [0.5, 0.6) is 0 Å². The standard InChI is InChI=1S/C23H25ClN6O3/c24-19-10-26-11-20(27-19)29(15-4-2-8-25-9-15)12-14-3-1-5-16-17(14)13-30(23(16)33)18-6-7-21(31)28-22(18)32/h1,3,5,10-11,15,18,25H,2,4,6-9,12-13H2,(H,28,31,32). The number of amides is 3. The Bertz CT molecular complexity index is 1100. The molecular formula is C23H25ClN6O3. The fourth-order valence-electron chi connectivity index (χ4n) is 4.95. The van der Waals surface area contributed by atoms with Crippen LogP contribution in [0.25, 0.3) is 0 Å². The van der Waals surface area contributed by atoms with Gasteiger partial charge in [-0.2, -0.15) is 0 Å². The SMILES string of the molecule is O=C1CCC(N2Cc3c(CN(c4cncc(Cl)n4)C4CCCNC4)cccc3C2=O)C(=O)N1. The van der Waals surface area contributed by atoms with Gasteiger partial charge in [0, 0.05) is 37.7 Å². The van der Waals surface area contributed by atoms with E-state index in [1.54, 1.807) is 17.2 Å². The van der Waals surface area contributed by atoms with Gasteiger partial charge in [0.25, 0.3) is 5.91 Å². The zero-order chi connectivity index (χ0) is 22.9. The van der Waals surface area contributed by atoms with E-state index in [0.717, 1.165) is 37.1 Å². The molecule has 9 nitrogen and oxygen atoms in total. The number of rotatable bonds is 5. The molecule has 0 spiro atoms. The summed E-state index contributed by atoms with van der Waals surface area (Å²) in [4.78, 5) is 49.6. The highest BCUT2D eigenvalue weighted by molar-refractivity contribution is 6.29. The number of piperidine rings is 2. The fourth-order valence-corrected chi connectivity index (χ4v) is 5.09. The van der Waals surface area contributed by atoms with Crippen LogP contribution in [0.1, 0.15) is 47.2 Å². The molecule has 10 heteroatoms. The Balaban J connectivity index is 1.44. The molecular weight excluding hydrogens is 444 g/mol. The number of halogens is 1. The largest absolute Gasteiger partial charge is 0.347 e. The summed E-state index contributed by atoms with van der Waals surface area (Å²) in [7, 11) is 0. The highest BCUT2D eigenvalue weighted by atomic mass is 35.5. The van der Waals surface area contributed by atoms with Gasteiger partial charge in [-0.25, -0.2) is 4.98 Å². The number of nitrogens with one attached hydrogen (secondary N) is 2. The van der Waals surface area contributed by atoms with Crippen LogP contribution in [-0.4, -0.2) is 57.8 Å². The Morgan fingerprint density at radius 1 is 1.18 bits per heavy atom. The van der Waals surface area contributed by atoms with Crippen molar-refractivity contribution in [1.82, 2.24) is 25.5 Å². The first-order valence-electron chi connectivity index (χ1n) is 11.2. The molecule has 0 radical (unpaired) electrons. The number of aromatic nitrogens is 2. The van der Waals surface area contributed by atoms with E-state index in [2.05, 4.69) is 25.5 Å². The maximum absolute atomic E-state index is 13.2. The van der Waals surface area contributed by atoms with Gasteiger partial charge < -0.3 is 15.1 Å². The predicted molar refractivity (Wildman–Crippen MR) is 122 cm³/mol. The summed E-state index contributed by atoms with van der Waals surface area (Å²) in [6.45, 7) is 2.70. The highest BCUT2D eigenvalue weighted by Gasteiger charge is 2.40. The summed E-state index contributed by atoms with van der Waals surface area (Å²) in [5, 5.41) is 6.13. The molecule has 172 valence electrons. The lowest BCUT2D eigenvalue weighted by Gasteiger charge is -2.36. The van der Waals surface area contributed by atoms with Crippen molar-refractivity contribution in [3.63, 3.8) is 0 Å². The number of anilines is 1. The number of fused-ring (bicyclic) bond motifs is 1. The Kier molecular flexibility index (Phi) is 5.99. The lowest BCUT2D eigenvalue weighted by Crippen LogP contribution is -2.52. The second-order valence-corrected chi connectivity index (χ2v) is 9.06. The van der Waals surface area contributed by atoms with Gasteiger partial charge in [-0.15, -0.1) is 0 Å². The normalized spacial score (nSPS) is 22.8. The quantitative estimate of drug-likeness (QED) is 0.642. The van der Waals surface area contributed by atoms with Gasteiger partial charge in [0.15, 0.2) is 0 Å². The van der Waals surface area contributed by atoms with E-state index < -0.39 is 11.9 Å². The minimum atomic E-state index is -0.632. The molecule has 0 aliphatic carbocycles. The molecule has 0 bridgehead atoms. The smallest absolute Gasteiger partial charge is 0.255 e. The molecule has 3 amide bonds. The van der Waals surface area contributed by atoms with Crippen LogP contribution in [-0.2, 0) is 22.7 Å². The second-order valence-electron chi connectivity index (χ2n) is 8.67. The first-order chi connectivity index (χ1) is 16.0. The van der Waals surface area contributed by atoms with Crippen molar-refractivity contribution in [2.75, 3.05) is 18.0 Å². The minimum Gasteiger partial charge on any atom is -0.347 e. The van der Waals surface area contributed by atoms with Crippen LogP contribution in [0, 0.1) is 0 Å². The molecule has 3 aliphatic rings. The van der Waals surface area contributed by atoms with Crippen LogP contribution in [0.2, 0.25) is 5.15 Å². The first-order valence-corrected chi connectivity index (χ1v) is 11.6. The minimum absolute atomic E-state index is 0.172. The molecule has 3 aliphatic heterocycles. The predicted octanol–water partition coefficient (Wildman–Crippen LogP) is 1.65. The van der Waals surface area contributed by atoms with Crippen LogP contribution in [0.3, 0.4) is 0 Å². The number of hydrogen-bond donors (Lipinski definition) is 2. The third-order valence-electron chi connectivity index (χ3n) is 6.62. The molecule has 2 atom stereocenters. The lowest BCUT2D eigenvalue weighted by molar-refractivity contribution is -0.136. The highest BCUT2D eigenvalue weighted by Crippen LogP contribution is 2.32. The molecule has 1 aromatic carbocycles. The van der Waals surface area contributed by atoms with Crippen LogP contribution in [0.4, 0.5) is 5.82 Å². The summed E-state index contributed by atoms with van der Waals surface area (Å²) < 4.78 is 0. The first kappa shape index (κ1) is 21.8. The van der Waals surface area contributed by atoms with E-state index in [1.807, 2.05) is 12.1 Å². The second kappa shape index (κ2) is 9.07. The average molecular weight is 469 g/mol. The Labute approximate surface area is 196 Å². The Hall–Kier alpha value is -3.04. The summed E-state index contributed by atoms with van der Waals surface area (Å²) >= 11 is 6.14. The van der Waals surface area contributed by atoms with Crippen LogP contribution >= 0.6 is 11.6 Å². The van der Waals surface area contributed by atoms with Crippen molar-refractivity contribution in [3.8, 4) is 0 Å². The maximum atomic E-state index is 13.2. The fraction of sp³-hybridized carbons (Fsp3) is 0.435. The monoisotopic (exact) mass is 468 g/mol. The van der Waals surface area contributed by atoms with E-state index in [-0.39, 0.29) is 24.3 Å². The lowest BCUT2D eigenvalue weighted by atomic mass is 10.0. The van der Waals surface area contributed by atoms with Gasteiger partial charge in [-0.3, -0.25) is 24.7 Å². The van der Waals surface area contributed by atoms with Crippen LogP contribution < -0.4 is 15.5 Å². The van der Waals surface area contributed by atoms with Gasteiger partial charge in [-0.05, 0) is 43.0 Å². The molecule has 4 heterocycles. The molecule has 2 saturated heterocycles. The molecule has 5 rings (SSSR count).